The number of nitrogens with one attached hydrogen (secondary N) is 1. The van der Waals surface area contributed by atoms with Gasteiger partial charge in [-0.15, -0.1) is 0 Å². The summed E-state index contributed by atoms with van der Waals surface area (Å²) in [6.45, 7) is 4.23. The van der Waals surface area contributed by atoms with E-state index in [0.29, 0.717) is 5.82 Å². The molecule has 0 saturated carbocycles. The van der Waals surface area contributed by atoms with Crippen molar-refractivity contribution in [2.24, 2.45) is 5.92 Å². The molecule has 0 aliphatic carbocycles. The van der Waals surface area contributed by atoms with Crippen LogP contribution in [0.4, 0.5) is 0 Å². The van der Waals surface area contributed by atoms with Crippen molar-refractivity contribution in [3.05, 3.63) is 42.4 Å². The largest absolute Gasteiger partial charge is 0.237 e. The Bertz CT molecular complexity index is 683. The molecule has 1 atom stereocenters. The van der Waals surface area contributed by atoms with Gasteiger partial charge in [0, 0.05) is 30.7 Å². The maximum Gasteiger partial charge on any atom is 0.212 e. The van der Waals surface area contributed by atoms with Crippen molar-refractivity contribution in [3.8, 4) is 5.82 Å². The third-order valence-corrected chi connectivity index (χ3v) is 4.95. The van der Waals surface area contributed by atoms with Crippen LogP contribution >= 0.6 is 0 Å². The third-order valence-electron chi connectivity index (χ3n) is 3.36. The second-order valence-corrected chi connectivity index (χ2v) is 7.28. The quantitative estimate of drug-likeness (QED) is 0.807. The lowest BCUT2D eigenvalue weighted by atomic mass is 10.1. The maximum atomic E-state index is 12.1. The molecule has 0 fully saturated rings. The summed E-state index contributed by atoms with van der Waals surface area (Å²) in [5.41, 5.74) is 0.790. The fraction of sp³-hybridized carbons (Fsp3) is 0.467. The standard InChI is InChI=1S/C15H22N4O2S/c1-3-6-13(2)12-22(20,21)18-11-14-7-4-8-16-15(14)19-10-5-9-17-19/h4-5,7-10,13,18H,3,6,11-12H2,1-2H3. The SMILES string of the molecule is CCCC(C)CS(=O)(=O)NCc1cccnc1-n1cccn1. The molecule has 2 aromatic heterocycles. The zero-order chi connectivity index (χ0) is 16.0. The Balaban J connectivity index is 2.06. The highest BCUT2D eigenvalue weighted by atomic mass is 32.2. The average molecular weight is 322 g/mol. The van der Waals surface area contributed by atoms with Crippen LogP contribution < -0.4 is 4.72 Å². The number of hydrogen-bond acceptors (Lipinski definition) is 4. The fourth-order valence-electron chi connectivity index (χ4n) is 2.37. The van der Waals surface area contributed by atoms with Gasteiger partial charge in [0.2, 0.25) is 10.0 Å². The van der Waals surface area contributed by atoms with Crippen LogP contribution in [0, 0.1) is 5.92 Å². The van der Waals surface area contributed by atoms with E-state index in [-0.39, 0.29) is 18.2 Å². The van der Waals surface area contributed by atoms with Gasteiger partial charge in [-0.05, 0) is 24.5 Å². The molecule has 1 N–H and O–H groups in total. The number of aromatic nitrogens is 3. The highest BCUT2D eigenvalue weighted by molar-refractivity contribution is 7.89. The molecule has 2 aromatic rings. The zero-order valence-electron chi connectivity index (χ0n) is 12.9. The summed E-state index contributed by atoms with van der Waals surface area (Å²) >= 11 is 0. The smallest absolute Gasteiger partial charge is 0.212 e. The van der Waals surface area contributed by atoms with E-state index in [2.05, 4.69) is 21.7 Å². The first kappa shape index (κ1) is 16.6. The van der Waals surface area contributed by atoms with Gasteiger partial charge in [-0.1, -0.05) is 26.3 Å². The average Bonchev–Trinajstić information content (AvgIpc) is 2.99. The van der Waals surface area contributed by atoms with Gasteiger partial charge in [-0.25, -0.2) is 22.8 Å². The van der Waals surface area contributed by atoms with Crippen molar-refractivity contribution in [1.82, 2.24) is 19.5 Å². The van der Waals surface area contributed by atoms with Gasteiger partial charge in [-0.2, -0.15) is 5.10 Å². The van der Waals surface area contributed by atoms with Crippen molar-refractivity contribution in [1.29, 1.82) is 0 Å². The molecule has 1 unspecified atom stereocenters. The molecule has 0 aliphatic heterocycles. The Labute approximate surface area is 131 Å². The van der Waals surface area contributed by atoms with E-state index in [0.717, 1.165) is 18.4 Å². The predicted molar refractivity (Wildman–Crippen MR) is 86.1 cm³/mol. The third kappa shape index (κ3) is 4.64. The molecule has 0 aromatic carbocycles. The van der Waals surface area contributed by atoms with Crippen LogP contribution in [-0.4, -0.2) is 28.9 Å². The van der Waals surface area contributed by atoms with Crippen LogP contribution in [0.3, 0.4) is 0 Å². The van der Waals surface area contributed by atoms with Gasteiger partial charge in [0.25, 0.3) is 0 Å². The second-order valence-electron chi connectivity index (χ2n) is 5.43. The van der Waals surface area contributed by atoms with Crippen molar-refractivity contribution in [2.45, 2.75) is 33.2 Å². The molecule has 0 radical (unpaired) electrons. The minimum Gasteiger partial charge on any atom is -0.237 e. The molecule has 2 heterocycles. The van der Waals surface area contributed by atoms with Gasteiger partial charge < -0.3 is 0 Å². The normalized spacial score (nSPS) is 13.2. The van der Waals surface area contributed by atoms with Crippen molar-refractivity contribution in [3.63, 3.8) is 0 Å². The fourth-order valence-corrected chi connectivity index (χ4v) is 3.78. The van der Waals surface area contributed by atoms with E-state index in [1.807, 2.05) is 13.0 Å². The van der Waals surface area contributed by atoms with Crippen molar-refractivity contribution in [2.75, 3.05) is 5.75 Å². The molecule has 0 bridgehead atoms. The summed E-state index contributed by atoms with van der Waals surface area (Å²) in [6, 6.07) is 5.44. The van der Waals surface area contributed by atoms with Crippen LogP contribution in [0.25, 0.3) is 5.82 Å². The lowest BCUT2D eigenvalue weighted by Crippen LogP contribution is -2.29. The van der Waals surface area contributed by atoms with Gasteiger partial charge >= 0.3 is 0 Å². The Morgan fingerprint density at radius 2 is 2.14 bits per heavy atom. The first-order valence-corrected chi connectivity index (χ1v) is 9.08. The van der Waals surface area contributed by atoms with E-state index < -0.39 is 10.0 Å². The van der Waals surface area contributed by atoms with Crippen molar-refractivity contribution < 1.29 is 8.42 Å². The summed E-state index contributed by atoms with van der Waals surface area (Å²) < 4.78 is 28.6. The summed E-state index contributed by atoms with van der Waals surface area (Å²) in [5.74, 6) is 0.942. The molecule has 0 saturated heterocycles. The van der Waals surface area contributed by atoms with E-state index in [1.54, 1.807) is 35.4 Å². The van der Waals surface area contributed by atoms with Crippen LogP contribution in [0.2, 0.25) is 0 Å². The van der Waals surface area contributed by atoms with Crippen molar-refractivity contribution >= 4 is 10.0 Å². The van der Waals surface area contributed by atoms with Crippen LogP contribution in [-0.2, 0) is 16.6 Å². The van der Waals surface area contributed by atoms with Crippen LogP contribution in [0.5, 0.6) is 0 Å². The number of pyridine rings is 1. The molecule has 120 valence electrons. The molecule has 0 aliphatic rings. The molecule has 0 amide bonds. The highest BCUT2D eigenvalue weighted by Crippen LogP contribution is 2.12. The lowest BCUT2D eigenvalue weighted by molar-refractivity contribution is 0.536. The molecule has 2 rings (SSSR count). The van der Waals surface area contributed by atoms with E-state index in [9.17, 15) is 8.42 Å². The minimum atomic E-state index is -3.29. The van der Waals surface area contributed by atoms with Gasteiger partial charge in [0.15, 0.2) is 5.82 Å². The second kappa shape index (κ2) is 7.51. The molecule has 6 nitrogen and oxygen atoms in total. The molecule has 0 spiro atoms. The highest BCUT2D eigenvalue weighted by Gasteiger charge is 2.16. The monoisotopic (exact) mass is 322 g/mol. The van der Waals surface area contributed by atoms with E-state index in [4.69, 9.17) is 0 Å². The minimum absolute atomic E-state index is 0.151. The predicted octanol–water partition coefficient (Wildman–Crippen LogP) is 2.12. The molecule has 22 heavy (non-hydrogen) atoms. The summed E-state index contributed by atoms with van der Waals surface area (Å²) in [4.78, 5) is 4.28. The number of hydrogen-bond donors (Lipinski definition) is 1. The Morgan fingerprint density at radius 1 is 1.32 bits per heavy atom. The van der Waals surface area contributed by atoms with Crippen LogP contribution in [0.1, 0.15) is 32.3 Å². The zero-order valence-corrected chi connectivity index (χ0v) is 13.8. The number of rotatable bonds is 8. The summed E-state index contributed by atoms with van der Waals surface area (Å²) in [5, 5.41) is 4.14. The first-order chi connectivity index (χ1) is 10.5. The Kier molecular flexibility index (Phi) is 5.68. The van der Waals surface area contributed by atoms with Gasteiger partial charge in [-0.3, -0.25) is 0 Å². The van der Waals surface area contributed by atoms with E-state index >= 15 is 0 Å². The topological polar surface area (TPSA) is 76.9 Å². The number of nitrogens with zero attached hydrogens (tertiary/aromatic N) is 3. The van der Waals surface area contributed by atoms with Gasteiger partial charge in [0.1, 0.15) is 0 Å². The molecule has 7 heteroatoms. The van der Waals surface area contributed by atoms with Crippen LogP contribution in [0.15, 0.2) is 36.8 Å². The lowest BCUT2D eigenvalue weighted by Gasteiger charge is -2.13. The number of sulfonamides is 1. The van der Waals surface area contributed by atoms with Gasteiger partial charge in [0.05, 0.1) is 5.75 Å². The maximum absolute atomic E-state index is 12.1. The molecular weight excluding hydrogens is 300 g/mol. The summed E-state index contributed by atoms with van der Waals surface area (Å²) in [7, 11) is -3.29. The summed E-state index contributed by atoms with van der Waals surface area (Å²) in [6.07, 6.45) is 7.01. The first-order valence-electron chi connectivity index (χ1n) is 7.43. The van der Waals surface area contributed by atoms with E-state index in [1.165, 1.54) is 0 Å². The Hall–Kier alpha value is -1.73. The Morgan fingerprint density at radius 3 is 2.82 bits per heavy atom. The molecular formula is C15H22N4O2S.